The number of ether oxygens (including phenoxy) is 1. The van der Waals surface area contributed by atoms with Crippen LogP contribution in [0.25, 0.3) is 0 Å². The van der Waals surface area contributed by atoms with Crippen molar-refractivity contribution in [1.82, 2.24) is 5.06 Å². The van der Waals surface area contributed by atoms with E-state index in [1.807, 2.05) is 12.2 Å². The minimum Gasteiger partial charge on any atom is -0.442 e. The molecule has 0 heterocycles. The maximum Gasteiger partial charge on any atom is 0.434 e. The van der Waals surface area contributed by atoms with Crippen molar-refractivity contribution in [3.63, 3.8) is 0 Å². The topological polar surface area (TPSA) is 49.8 Å². The predicted molar refractivity (Wildman–Crippen MR) is 56.6 cm³/mol. The molecule has 1 rings (SSSR count). The molecule has 0 aromatic carbocycles. The van der Waals surface area contributed by atoms with E-state index in [1.54, 1.807) is 20.8 Å². The van der Waals surface area contributed by atoms with Gasteiger partial charge in [-0.25, -0.2) is 4.79 Å². The van der Waals surface area contributed by atoms with Crippen LogP contribution in [0.15, 0.2) is 12.2 Å². The highest BCUT2D eigenvalue weighted by atomic mass is 16.6. The highest BCUT2D eigenvalue weighted by Gasteiger charge is 2.26. The summed E-state index contributed by atoms with van der Waals surface area (Å²) >= 11 is 0. The first-order valence-electron chi connectivity index (χ1n) is 5.28. The van der Waals surface area contributed by atoms with E-state index < -0.39 is 11.7 Å². The zero-order valence-electron chi connectivity index (χ0n) is 9.56. The monoisotopic (exact) mass is 213 g/mol. The summed E-state index contributed by atoms with van der Waals surface area (Å²) in [5, 5.41) is 10.3. The quantitative estimate of drug-likeness (QED) is 0.414. The van der Waals surface area contributed by atoms with Crippen molar-refractivity contribution in [1.29, 1.82) is 0 Å². The Morgan fingerprint density at radius 1 is 1.53 bits per heavy atom. The number of carbonyl (C=O) groups excluding carboxylic acids is 1. The van der Waals surface area contributed by atoms with Crippen LogP contribution in [0.4, 0.5) is 4.79 Å². The second-order valence-electron chi connectivity index (χ2n) is 4.75. The number of hydrogen-bond donors (Lipinski definition) is 1. The molecule has 0 saturated carbocycles. The molecule has 1 aliphatic rings. The zero-order valence-corrected chi connectivity index (χ0v) is 9.56. The summed E-state index contributed by atoms with van der Waals surface area (Å²) in [5.74, 6) is 0. The van der Waals surface area contributed by atoms with E-state index in [9.17, 15) is 10.0 Å². The maximum absolute atomic E-state index is 11.5. The summed E-state index contributed by atoms with van der Waals surface area (Å²) in [6.07, 6.45) is 5.92. The molecule has 0 aromatic heterocycles. The molecule has 1 unspecified atom stereocenters. The Labute approximate surface area is 90.5 Å². The number of nitrogens with zero attached hydrogens (tertiary/aromatic N) is 1. The largest absolute Gasteiger partial charge is 0.442 e. The van der Waals surface area contributed by atoms with Crippen LogP contribution in [0.3, 0.4) is 0 Å². The standard InChI is InChI=1S/C11H19NO3/c1-11(2,3)15-10(13)12(14)9-7-5-4-6-8-9/h5,7,9,14H,4,6,8H2,1-3H3. The lowest BCUT2D eigenvalue weighted by Gasteiger charge is -2.28. The van der Waals surface area contributed by atoms with Gasteiger partial charge in [-0.15, -0.1) is 0 Å². The van der Waals surface area contributed by atoms with Crippen LogP contribution in [0, 0.1) is 0 Å². The minimum absolute atomic E-state index is 0.242. The summed E-state index contributed by atoms with van der Waals surface area (Å²) in [5.41, 5.74) is -0.573. The van der Waals surface area contributed by atoms with Gasteiger partial charge in [-0.2, -0.15) is 5.06 Å². The first kappa shape index (κ1) is 12.0. The normalized spacial score (nSPS) is 21.2. The lowest BCUT2D eigenvalue weighted by Crippen LogP contribution is -2.40. The first-order chi connectivity index (χ1) is 6.90. The molecule has 4 nitrogen and oxygen atoms in total. The van der Waals surface area contributed by atoms with Gasteiger partial charge in [0.2, 0.25) is 0 Å². The lowest BCUT2D eigenvalue weighted by molar-refractivity contribution is -0.112. The molecule has 0 bridgehead atoms. The molecular weight excluding hydrogens is 194 g/mol. The van der Waals surface area contributed by atoms with Gasteiger partial charge in [0.1, 0.15) is 5.60 Å². The summed E-state index contributed by atoms with van der Waals surface area (Å²) < 4.78 is 5.06. The predicted octanol–water partition coefficient (Wildman–Crippen LogP) is 2.72. The molecule has 0 aliphatic heterocycles. The van der Waals surface area contributed by atoms with Crippen LogP contribution in [-0.2, 0) is 4.74 Å². The van der Waals surface area contributed by atoms with Crippen LogP contribution < -0.4 is 0 Å². The molecule has 4 heteroatoms. The lowest BCUT2D eigenvalue weighted by atomic mass is 10.0. The molecule has 0 radical (unpaired) electrons. The second kappa shape index (κ2) is 4.66. The Balaban J connectivity index is 2.52. The second-order valence-corrected chi connectivity index (χ2v) is 4.75. The van der Waals surface area contributed by atoms with Crippen LogP contribution in [0.5, 0.6) is 0 Å². The van der Waals surface area contributed by atoms with E-state index in [0.29, 0.717) is 5.06 Å². The van der Waals surface area contributed by atoms with Gasteiger partial charge in [-0.1, -0.05) is 12.2 Å². The Kier molecular flexibility index (Phi) is 3.74. The van der Waals surface area contributed by atoms with Gasteiger partial charge < -0.3 is 4.74 Å². The van der Waals surface area contributed by atoms with E-state index in [4.69, 9.17) is 4.74 Å². The summed E-state index contributed by atoms with van der Waals surface area (Å²) in [7, 11) is 0. The van der Waals surface area contributed by atoms with E-state index in [0.717, 1.165) is 19.3 Å². The fourth-order valence-electron chi connectivity index (χ4n) is 1.44. The zero-order chi connectivity index (χ0) is 11.5. The summed E-state index contributed by atoms with van der Waals surface area (Å²) in [6, 6.07) is -0.242. The van der Waals surface area contributed by atoms with Gasteiger partial charge in [0, 0.05) is 0 Å². The third kappa shape index (κ3) is 3.91. The van der Waals surface area contributed by atoms with E-state index in [-0.39, 0.29) is 6.04 Å². The van der Waals surface area contributed by atoms with E-state index >= 15 is 0 Å². The van der Waals surface area contributed by atoms with Crippen LogP contribution in [-0.4, -0.2) is 28.0 Å². The first-order valence-corrected chi connectivity index (χ1v) is 5.28. The Bertz CT molecular complexity index is 255. The number of amides is 1. The van der Waals surface area contributed by atoms with Gasteiger partial charge in [0.25, 0.3) is 0 Å². The SMILES string of the molecule is CC(C)(C)OC(=O)N(O)C1C=CCCC1. The van der Waals surface area contributed by atoms with Crippen molar-refractivity contribution in [3.05, 3.63) is 12.2 Å². The smallest absolute Gasteiger partial charge is 0.434 e. The van der Waals surface area contributed by atoms with Gasteiger partial charge in [0.15, 0.2) is 0 Å². The van der Waals surface area contributed by atoms with E-state index in [1.165, 1.54) is 0 Å². The Hall–Kier alpha value is -1.03. The third-order valence-corrected chi connectivity index (χ3v) is 2.12. The highest BCUT2D eigenvalue weighted by molar-refractivity contribution is 5.67. The van der Waals surface area contributed by atoms with Crippen molar-refractivity contribution in [2.75, 3.05) is 0 Å². The summed E-state index contributed by atoms with van der Waals surface area (Å²) in [6.45, 7) is 5.32. The molecule has 1 N–H and O–H groups in total. The minimum atomic E-state index is -0.681. The van der Waals surface area contributed by atoms with Gasteiger partial charge >= 0.3 is 6.09 Å². The van der Waals surface area contributed by atoms with Crippen LogP contribution in [0.2, 0.25) is 0 Å². The molecule has 15 heavy (non-hydrogen) atoms. The fraction of sp³-hybridized carbons (Fsp3) is 0.727. The highest BCUT2D eigenvalue weighted by Crippen LogP contribution is 2.17. The molecule has 0 spiro atoms. The maximum atomic E-state index is 11.5. The molecule has 1 amide bonds. The van der Waals surface area contributed by atoms with Gasteiger partial charge in [-0.05, 0) is 40.0 Å². The number of carbonyl (C=O) groups is 1. The van der Waals surface area contributed by atoms with Crippen LogP contribution in [0.1, 0.15) is 40.0 Å². The van der Waals surface area contributed by atoms with Crippen molar-refractivity contribution in [2.24, 2.45) is 0 Å². The van der Waals surface area contributed by atoms with Crippen molar-refractivity contribution in [2.45, 2.75) is 51.7 Å². The molecule has 0 saturated heterocycles. The molecule has 1 aliphatic carbocycles. The summed E-state index contributed by atoms with van der Waals surface area (Å²) in [4.78, 5) is 11.5. The number of rotatable bonds is 1. The van der Waals surface area contributed by atoms with Crippen molar-refractivity contribution < 1.29 is 14.7 Å². The number of hydrogen-bond acceptors (Lipinski definition) is 3. The molecular formula is C11H19NO3. The fourth-order valence-corrected chi connectivity index (χ4v) is 1.44. The Morgan fingerprint density at radius 2 is 2.20 bits per heavy atom. The molecule has 0 aromatic rings. The Morgan fingerprint density at radius 3 is 2.67 bits per heavy atom. The average Bonchev–Trinajstić information content (AvgIpc) is 2.15. The van der Waals surface area contributed by atoms with Crippen LogP contribution >= 0.6 is 0 Å². The van der Waals surface area contributed by atoms with E-state index in [2.05, 4.69) is 0 Å². The van der Waals surface area contributed by atoms with Gasteiger partial charge in [0.05, 0.1) is 6.04 Å². The molecule has 86 valence electrons. The third-order valence-electron chi connectivity index (χ3n) is 2.12. The number of hydroxylamine groups is 2. The molecule has 1 atom stereocenters. The van der Waals surface area contributed by atoms with Crippen molar-refractivity contribution in [3.8, 4) is 0 Å². The van der Waals surface area contributed by atoms with Crippen molar-refractivity contribution >= 4 is 6.09 Å². The number of allylic oxidation sites excluding steroid dienone is 1. The molecule has 0 fully saturated rings. The average molecular weight is 213 g/mol. The van der Waals surface area contributed by atoms with Gasteiger partial charge in [-0.3, -0.25) is 5.21 Å².